The summed E-state index contributed by atoms with van der Waals surface area (Å²) in [6, 6.07) is 14.5. The fourth-order valence-corrected chi connectivity index (χ4v) is 3.77. The fraction of sp³-hybridized carbons (Fsp3) is 0.160. The maximum absolute atomic E-state index is 12.5. The number of amides is 1. The van der Waals surface area contributed by atoms with E-state index in [9.17, 15) is 14.7 Å². The van der Waals surface area contributed by atoms with Crippen molar-refractivity contribution >= 4 is 52.8 Å². The van der Waals surface area contributed by atoms with Crippen molar-refractivity contribution in [1.82, 2.24) is 15.3 Å². The zero-order valence-electron chi connectivity index (χ0n) is 19.4. The average Bonchev–Trinajstić information content (AvgIpc) is 2.85. The second kappa shape index (κ2) is 14.6. The minimum absolute atomic E-state index is 0. The van der Waals surface area contributed by atoms with Crippen molar-refractivity contribution in [3.63, 3.8) is 0 Å². The van der Waals surface area contributed by atoms with Crippen LogP contribution >= 0.6 is 23.2 Å². The van der Waals surface area contributed by atoms with Crippen molar-refractivity contribution in [2.45, 2.75) is 18.9 Å². The van der Waals surface area contributed by atoms with Crippen molar-refractivity contribution in [3.05, 3.63) is 88.2 Å². The molecule has 0 spiro atoms. The SMILES string of the molecule is N#CCCN(c1ccc(/C=C/CC(NC(=O)c2c(Cl)cccc2Cl)C(=O)[O-])cc1)c1ncccn1.[Na+]. The molecule has 0 aliphatic carbocycles. The Morgan fingerprint density at radius 1 is 1.08 bits per heavy atom. The molecule has 0 radical (unpaired) electrons. The van der Waals surface area contributed by atoms with Crippen LogP contribution < -0.4 is 44.9 Å². The number of carboxylic acid groups (broad SMARTS) is 1. The van der Waals surface area contributed by atoms with E-state index in [2.05, 4.69) is 21.4 Å². The van der Waals surface area contributed by atoms with Gasteiger partial charge in [0.25, 0.3) is 5.91 Å². The Bertz CT molecular complexity index is 1230. The van der Waals surface area contributed by atoms with Crippen molar-refractivity contribution < 1.29 is 44.3 Å². The van der Waals surface area contributed by atoms with Gasteiger partial charge in [0.05, 0.1) is 40.1 Å². The van der Waals surface area contributed by atoms with Gasteiger partial charge in [0.15, 0.2) is 0 Å². The number of aromatic nitrogens is 2. The van der Waals surface area contributed by atoms with Crippen molar-refractivity contribution in [3.8, 4) is 6.07 Å². The molecule has 0 fully saturated rings. The molecule has 0 saturated heterocycles. The Hall–Kier alpha value is -2.93. The molecule has 2 aromatic carbocycles. The van der Waals surface area contributed by atoms with Crippen LogP contribution in [0.25, 0.3) is 6.08 Å². The molecule has 0 saturated carbocycles. The zero-order valence-corrected chi connectivity index (χ0v) is 22.9. The van der Waals surface area contributed by atoms with Crippen molar-refractivity contribution in [2.75, 3.05) is 11.4 Å². The van der Waals surface area contributed by atoms with Crippen LogP contribution in [0.2, 0.25) is 10.0 Å². The van der Waals surface area contributed by atoms with Gasteiger partial charge in [-0.15, -0.1) is 0 Å². The summed E-state index contributed by atoms with van der Waals surface area (Å²) in [7, 11) is 0. The molecule has 1 amide bonds. The normalized spacial score (nSPS) is 11.2. The molecule has 0 aliphatic heterocycles. The number of aliphatic carboxylic acids is 1. The van der Waals surface area contributed by atoms with Gasteiger partial charge in [-0.3, -0.25) is 4.79 Å². The summed E-state index contributed by atoms with van der Waals surface area (Å²) in [5, 5.41) is 23.2. The maximum atomic E-state index is 12.5. The second-order valence-electron chi connectivity index (χ2n) is 7.28. The average molecular weight is 532 g/mol. The first-order valence-corrected chi connectivity index (χ1v) is 11.3. The van der Waals surface area contributed by atoms with Gasteiger partial charge >= 0.3 is 29.6 Å². The number of halogens is 2. The Labute approximate surface area is 240 Å². The van der Waals surface area contributed by atoms with E-state index in [1.165, 1.54) is 12.1 Å². The van der Waals surface area contributed by atoms with E-state index in [0.29, 0.717) is 18.9 Å². The Kier molecular flexibility index (Phi) is 11.9. The molecule has 1 heterocycles. The van der Waals surface area contributed by atoms with Gasteiger partial charge in [-0.25, -0.2) is 9.97 Å². The van der Waals surface area contributed by atoms with E-state index in [0.717, 1.165) is 11.3 Å². The third-order valence-corrected chi connectivity index (χ3v) is 5.54. The summed E-state index contributed by atoms with van der Waals surface area (Å²) >= 11 is 12.0. The van der Waals surface area contributed by atoms with Crippen LogP contribution in [0.4, 0.5) is 11.6 Å². The summed E-state index contributed by atoms with van der Waals surface area (Å²) in [5.41, 5.74) is 1.62. The first kappa shape index (κ1) is 29.3. The predicted octanol–water partition coefficient (Wildman–Crippen LogP) is 0.791. The number of carbonyl (C=O) groups is 2. The number of carboxylic acids is 1. The third-order valence-electron chi connectivity index (χ3n) is 4.91. The second-order valence-corrected chi connectivity index (χ2v) is 8.09. The van der Waals surface area contributed by atoms with Gasteiger partial charge in [-0.2, -0.15) is 5.26 Å². The molecular weight excluding hydrogens is 512 g/mol. The number of carbonyl (C=O) groups excluding carboxylic acids is 2. The van der Waals surface area contributed by atoms with Gasteiger partial charge < -0.3 is 20.1 Å². The molecule has 1 atom stereocenters. The van der Waals surface area contributed by atoms with Crippen molar-refractivity contribution in [2.24, 2.45) is 0 Å². The van der Waals surface area contributed by atoms with E-state index in [4.69, 9.17) is 28.5 Å². The number of rotatable bonds is 10. The molecule has 0 aliphatic rings. The molecule has 3 rings (SSSR count). The zero-order chi connectivity index (χ0) is 25.2. The topological polar surface area (TPSA) is 122 Å². The molecule has 0 bridgehead atoms. The maximum Gasteiger partial charge on any atom is 1.00 e. The smallest absolute Gasteiger partial charge is 0.548 e. The number of anilines is 2. The number of hydrogen-bond acceptors (Lipinski definition) is 7. The van der Waals surface area contributed by atoms with Gasteiger partial charge in [0.1, 0.15) is 0 Å². The van der Waals surface area contributed by atoms with E-state index < -0.39 is 17.9 Å². The largest absolute Gasteiger partial charge is 1.00 e. The first-order chi connectivity index (χ1) is 16.9. The monoisotopic (exact) mass is 531 g/mol. The molecule has 36 heavy (non-hydrogen) atoms. The molecule has 178 valence electrons. The first-order valence-electron chi connectivity index (χ1n) is 10.5. The van der Waals surface area contributed by atoms with Crippen LogP contribution in [0.15, 0.2) is 67.0 Å². The van der Waals surface area contributed by atoms with E-state index in [-0.39, 0.29) is 51.6 Å². The molecule has 1 aromatic heterocycles. The van der Waals surface area contributed by atoms with E-state index in [1.54, 1.807) is 36.7 Å². The molecule has 11 heteroatoms. The van der Waals surface area contributed by atoms with E-state index in [1.807, 2.05) is 29.2 Å². The van der Waals surface area contributed by atoms with Gasteiger partial charge in [0, 0.05) is 24.6 Å². The van der Waals surface area contributed by atoms with Crippen LogP contribution in [-0.4, -0.2) is 34.4 Å². The standard InChI is InChI=1S/C25H21Cl2N5O3.Na/c26-19-6-2-7-20(27)22(19)23(33)31-21(24(34)35)8-1-5-17-9-11-18(12-10-17)32(16-3-13-28)25-29-14-4-15-30-25;/h1-2,4-7,9-12,14-15,21H,3,8,16H2,(H,31,33)(H,34,35);/q;+1/p-1/b5-1+;. The van der Waals surface area contributed by atoms with E-state index >= 15 is 0 Å². The summed E-state index contributed by atoms with van der Waals surface area (Å²) in [6.07, 6.45) is 6.90. The Balaban J connectivity index is 0.00000456. The summed E-state index contributed by atoms with van der Waals surface area (Å²) in [4.78, 5) is 34.4. The summed E-state index contributed by atoms with van der Waals surface area (Å²) < 4.78 is 0. The Morgan fingerprint density at radius 3 is 2.31 bits per heavy atom. The van der Waals surface area contributed by atoms with Gasteiger partial charge in [0.2, 0.25) is 5.95 Å². The number of hydrogen-bond donors (Lipinski definition) is 1. The van der Waals surface area contributed by atoms with Gasteiger partial charge in [-0.1, -0.05) is 53.6 Å². The minimum atomic E-state index is -1.43. The number of nitrogens with one attached hydrogen (secondary N) is 1. The fourth-order valence-electron chi connectivity index (χ4n) is 3.20. The van der Waals surface area contributed by atoms with Crippen LogP contribution in [0.5, 0.6) is 0 Å². The molecule has 1 unspecified atom stereocenters. The molecule has 8 nitrogen and oxygen atoms in total. The van der Waals surface area contributed by atoms with Crippen LogP contribution in [0.1, 0.15) is 28.8 Å². The quantitative estimate of drug-likeness (QED) is 0.383. The molecule has 3 aromatic rings. The third kappa shape index (κ3) is 8.05. The summed E-state index contributed by atoms with van der Waals surface area (Å²) in [5.74, 6) is -1.65. The minimum Gasteiger partial charge on any atom is -0.548 e. The Morgan fingerprint density at radius 2 is 1.72 bits per heavy atom. The van der Waals surface area contributed by atoms with Crippen LogP contribution in [0.3, 0.4) is 0 Å². The number of nitrogens with zero attached hydrogens (tertiary/aromatic N) is 4. The molecular formula is C25H20Cl2N5NaO3. The summed E-state index contributed by atoms with van der Waals surface area (Å²) in [6.45, 7) is 0.429. The van der Waals surface area contributed by atoms with Crippen molar-refractivity contribution in [1.29, 1.82) is 5.26 Å². The van der Waals surface area contributed by atoms with Crippen LogP contribution in [-0.2, 0) is 4.79 Å². The molecule has 1 N–H and O–H groups in total. The predicted molar refractivity (Wildman–Crippen MR) is 132 cm³/mol. The number of benzene rings is 2. The van der Waals surface area contributed by atoms with Gasteiger partial charge in [-0.05, 0) is 42.3 Å². The van der Waals surface area contributed by atoms with Crippen LogP contribution in [0, 0.1) is 11.3 Å². The number of nitriles is 1.